The third-order valence-electron chi connectivity index (χ3n) is 2.06. The summed E-state index contributed by atoms with van der Waals surface area (Å²) in [6, 6.07) is 9.60. The lowest BCUT2D eigenvalue weighted by molar-refractivity contribution is -0.104. The molecule has 2 aromatic rings. The van der Waals surface area contributed by atoms with Crippen molar-refractivity contribution in [3.63, 3.8) is 0 Å². The Morgan fingerprint density at radius 1 is 1.27 bits per heavy atom. The SMILES string of the molecule is O=CC=Cc1cc2ccccc2nc1Cl. The maximum Gasteiger partial charge on any atom is 0.142 e. The average Bonchev–Trinajstić information content (AvgIpc) is 2.26. The Labute approximate surface area is 92.2 Å². The van der Waals surface area contributed by atoms with E-state index in [4.69, 9.17) is 11.6 Å². The van der Waals surface area contributed by atoms with Crippen molar-refractivity contribution in [2.45, 2.75) is 0 Å². The first kappa shape index (κ1) is 9.87. The second-order valence-corrected chi connectivity index (χ2v) is 3.41. The van der Waals surface area contributed by atoms with Gasteiger partial charge in [-0.25, -0.2) is 4.98 Å². The topological polar surface area (TPSA) is 30.0 Å². The molecular formula is C12H8ClNO. The molecule has 1 aromatic heterocycles. The largest absolute Gasteiger partial charge is 0.299 e. The Bertz CT molecular complexity index is 534. The second kappa shape index (κ2) is 4.24. The van der Waals surface area contributed by atoms with Crippen LogP contribution in [0.2, 0.25) is 5.15 Å². The third kappa shape index (κ3) is 2.05. The van der Waals surface area contributed by atoms with Crippen molar-refractivity contribution in [1.29, 1.82) is 0 Å². The molecule has 0 radical (unpaired) electrons. The summed E-state index contributed by atoms with van der Waals surface area (Å²) in [5.74, 6) is 0. The van der Waals surface area contributed by atoms with E-state index in [9.17, 15) is 4.79 Å². The molecule has 0 saturated heterocycles. The van der Waals surface area contributed by atoms with Gasteiger partial charge in [0.1, 0.15) is 11.4 Å². The van der Waals surface area contributed by atoms with Gasteiger partial charge in [0.05, 0.1) is 5.52 Å². The number of halogens is 1. The number of rotatable bonds is 2. The summed E-state index contributed by atoms with van der Waals surface area (Å²) in [5, 5.41) is 1.42. The van der Waals surface area contributed by atoms with Crippen molar-refractivity contribution in [2.24, 2.45) is 0 Å². The number of pyridine rings is 1. The molecule has 0 atom stereocenters. The smallest absolute Gasteiger partial charge is 0.142 e. The Morgan fingerprint density at radius 2 is 2.07 bits per heavy atom. The van der Waals surface area contributed by atoms with Crippen LogP contribution in [0, 0.1) is 0 Å². The van der Waals surface area contributed by atoms with Crippen LogP contribution < -0.4 is 0 Å². The number of benzene rings is 1. The lowest BCUT2D eigenvalue weighted by Crippen LogP contribution is -1.84. The molecule has 0 aliphatic heterocycles. The molecule has 0 aliphatic carbocycles. The highest BCUT2D eigenvalue weighted by Gasteiger charge is 2.00. The number of carbonyl (C=O) groups is 1. The van der Waals surface area contributed by atoms with Gasteiger partial charge in [0.15, 0.2) is 0 Å². The minimum Gasteiger partial charge on any atom is -0.299 e. The molecule has 0 aliphatic rings. The van der Waals surface area contributed by atoms with Crippen LogP contribution in [0.1, 0.15) is 5.56 Å². The Kier molecular flexibility index (Phi) is 2.79. The number of para-hydroxylation sites is 1. The first-order valence-electron chi connectivity index (χ1n) is 4.48. The van der Waals surface area contributed by atoms with Crippen molar-refractivity contribution in [2.75, 3.05) is 0 Å². The number of fused-ring (bicyclic) bond motifs is 1. The lowest BCUT2D eigenvalue weighted by atomic mass is 10.1. The number of aldehydes is 1. The highest BCUT2D eigenvalue weighted by Crippen LogP contribution is 2.21. The van der Waals surface area contributed by atoms with Crippen molar-refractivity contribution >= 4 is 34.9 Å². The van der Waals surface area contributed by atoms with Crippen molar-refractivity contribution < 1.29 is 4.79 Å². The third-order valence-corrected chi connectivity index (χ3v) is 2.36. The van der Waals surface area contributed by atoms with Gasteiger partial charge in [-0.15, -0.1) is 0 Å². The van der Waals surface area contributed by atoms with Crippen LogP contribution in [0.4, 0.5) is 0 Å². The number of hydrogen-bond acceptors (Lipinski definition) is 2. The first-order valence-corrected chi connectivity index (χ1v) is 4.86. The average molecular weight is 218 g/mol. The summed E-state index contributed by atoms with van der Waals surface area (Å²) in [6.07, 6.45) is 3.76. The molecule has 0 N–H and O–H groups in total. The predicted octanol–water partition coefficient (Wildman–Crippen LogP) is 3.10. The maximum atomic E-state index is 10.2. The van der Waals surface area contributed by atoms with Crippen LogP contribution >= 0.6 is 11.6 Å². The lowest BCUT2D eigenvalue weighted by Gasteiger charge is -2.00. The van der Waals surface area contributed by atoms with Gasteiger partial charge in [-0.05, 0) is 24.3 Å². The van der Waals surface area contributed by atoms with E-state index in [1.54, 1.807) is 6.08 Å². The molecule has 0 spiro atoms. The molecule has 0 unspecified atom stereocenters. The monoisotopic (exact) mass is 217 g/mol. The molecule has 1 aromatic carbocycles. The van der Waals surface area contributed by atoms with E-state index in [-0.39, 0.29) is 0 Å². The van der Waals surface area contributed by atoms with Gasteiger partial charge in [-0.1, -0.05) is 29.8 Å². The molecule has 0 bridgehead atoms. The van der Waals surface area contributed by atoms with Gasteiger partial charge in [0, 0.05) is 10.9 Å². The van der Waals surface area contributed by atoms with Crippen LogP contribution in [-0.4, -0.2) is 11.3 Å². The van der Waals surface area contributed by atoms with Crippen LogP contribution in [0.5, 0.6) is 0 Å². The second-order valence-electron chi connectivity index (χ2n) is 3.06. The minimum absolute atomic E-state index is 0.409. The summed E-state index contributed by atoms with van der Waals surface area (Å²) < 4.78 is 0. The van der Waals surface area contributed by atoms with E-state index >= 15 is 0 Å². The van der Waals surface area contributed by atoms with Gasteiger partial charge >= 0.3 is 0 Å². The number of aromatic nitrogens is 1. The zero-order chi connectivity index (χ0) is 10.7. The highest BCUT2D eigenvalue weighted by molar-refractivity contribution is 6.31. The molecule has 3 heteroatoms. The van der Waals surface area contributed by atoms with Gasteiger partial charge < -0.3 is 0 Å². The first-order chi connectivity index (χ1) is 7.31. The summed E-state index contributed by atoms with van der Waals surface area (Å²) >= 11 is 5.96. The quantitative estimate of drug-likeness (QED) is 0.440. The van der Waals surface area contributed by atoms with Gasteiger partial charge in [0.2, 0.25) is 0 Å². The summed E-state index contributed by atoms with van der Waals surface area (Å²) in [6.45, 7) is 0. The molecule has 15 heavy (non-hydrogen) atoms. The van der Waals surface area contributed by atoms with Crippen LogP contribution in [0.15, 0.2) is 36.4 Å². The zero-order valence-electron chi connectivity index (χ0n) is 7.85. The van der Waals surface area contributed by atoms with Crippen LogP contribution in [0.25, 0.3) is 17.0 Å². The maximum absolute atomic E-state index is 10.2. The molecule has 2 nitrogen and oxygen atoms in total. The van der Waals surface area contributed by atoms with Crippen LogP contribution in [0.3, 0.4) is 0 Å². The standard InChI is InChI=1S/C12H8ClNO/c13-12-10(5-3-7-15)8-9-4-1-2-6-11(9)14-12/h1-8H. The van der Waals surface area contributed by atoms with Crippen molar-refractivity contribution in [1.82, 2.24) is 4.98 Å². The Balaban J connectivity index is 2.61. The van der Waals surface area contributed by atoms with Gasteiger partial charge in [0.25, 0.3) is 0 Å². The normalized spacial score (nSPS) is 11.0. The Hall–Kier alpha value is -1.67. The molecule has 74 valence electrons. The van der Waals surface area contributed by atoms with Crippen molar-refractivity contribution in [3.05, 3.63) is 47.1 Å². The van der Waals surface area contributed by atoms with Gasteiger partial charge in [-0.2, -0.15) is 0 Å². The van der Waals surface area contributed by atoms with E-state index in [2.05, 4.69) is 4.98 Å². The van der Waals surface area contributed by atoms with Crippen molar-refractivity contribution in [3.8, 4) is 0 Å². The summed E-state index contributed by atoms with van der Waals surface area (Å²) in [4.78, 5) is 14.4. The molecule has 0 saturated carbocycles. The van der Waals surface area contributed by atoms with E-state index in [0.717, 1.165) is 16.5 Å². The fourth-order valence-electron chi connectivity index (χ4n) is 1.37. The molecular weight excluding hydrogens is 210 g/mol. The van der Waals surface area contributed by atoms with E-state index in [0.29, 0.717) is 11.4 Å². The number of nitrogens with zero attached hydrogens (tertiary/aromatic N) is 1. The van der Waals surface area contributed by atoms with Gasteiger partial charge in [-0.3, -0.25) is 4.79 Å². The zero-order valence-corrected chi connectivity index (χ0v) is 8.61. The molecule has 1 heterocycles. The minimum atomic E-state index is 0.409. The Morgan fingerprint density at radius 3 is 2.87 bits per heavy atom. The molecule has 0 fully saturated rings. The predicted molar refractivity (Wildman–Crippen MR) is 61.9 cm³/mol. The summed E-state index contributed by atoms with van der Waals surface area (Å²) in [7, 11) is 0. The number of allylic oxidation sites excluding steroid dienone is 1. The van der Waals surface area contributed by atoms with E-state index < -0.39 is 0 Å². The van der Waals surface area contributed by atoms with Crippen LogP contribution in [-0.2, 0) is 4.79 Å². The fraction of sp³-hybridized carbons (Fsp3) is 0. The number of hydrogen-bond donors (Lipinski definition) is 0. The number of carbonyl (C=O) groups excluding carboxylic acids is 1. The fourth-order valence-corrected chi connectivity index (χ4v) is 1.58. The van der Waals surface area contributed by atoms with E-state index in [1.807, 2.05) is 30.3 Å². The van der Waals surface area contributed by atoms with E-state index in [1.165, 1.54) is 6.08 Å². The molecule has 0 amide bonds. The summed E-state index contributed by atoms with van der Waals surface area (Å²) in [5.41, 5.74) is 1.60. The molecule has 2 rings (SSSR count). The highest BCUT2D eigenvalue weighted by atomic mass is 35.5.